The molecule has 0 aliphatic rings. The van der Waals surface area contributed by atoms with Gasteiger partial charge in [-0.15, -0.1) is 0 Å². The highest BCUT2D eigenvalue weighted by Crippen LogP contribution is 2.31. The maximum atomic E-state index is 11.3. The van der Waals surface area contributed by atoms with Gasteiger partial charge < -0.3 is 19.6 Å². The van der Waals surface area contributed by atoms with Gasteiger partial charge in [0.25, 0.3) is 5.56 Å². The van der Waals surface area contributed by atoms with Crippen molar-refractivity contribution in [3.63, 3.8) is 0 Å². The van der Waals surface area contributed by atoms with Crippen molar-refractivity contribution >= 4 is 0 Å². The van der Waals surface area contributed by atoms with Crippen LogP contribution in [0.2, 0.25) is 0 Å². The van der Waals surface area contributed by atoms with Crippen LogP contribution < -0.4 is 15.0 Å². The van der Waals surface area contributed by atoms with Crippen LogP contribution >= 0.6 is 0 Å². The molecule has 21 heavy (non-hydrogen) atoms. The van der Waals surface area contributed by atoms with Gasteiger partial charge in [0.05, 0.1) is 12.7 Å². The van der Waals surface area contributed by atoms with Gasteiger partial charge in [0.1, 0.15) is 12.4 Å². The van der Waals surface area contributed by atoms with E-state index in [9.17, 15) is 9.90 Å². The fourth-order valence-electron chi connectivity index (χ4n) is 1.71. The van der Waals surface area contributed by atoms with E-state index in [1.165, 1.54) is 19.4 Å². The van der Waals surface area contributed by atoms with Gasteiger partial charge in [-0.2, -0.15) is 0 Å². The van der Waals surface area contributed by atoms with E-state index >= 15 is 0 Å². The maximum absolute atomic E-state index is 11.3. The van der Waals surface area contributed by atoms with Crippen LogP contribution in [0.15, 0.2) is 35.3 Å². The summed E-state index contributed by atoms with van der Waals surface area (Å²) in [6.07, 6.45) is 1.44. The molecule has 0 aliphatic carbocycles. The summed E-state index contributed by atoms with van der Waals surface area (Å²) in [7, 11) is 1.53. The third-order valence-corrected chi connectivity index (χ3v) is 2.69. The van der Waals surface area contributed by atoms with E-state index in [1.807, 2.05) is 0 Å². The molecule has 0 radical (unpaired) electrons. The number of methoxy groups -OCH3 is 1. The zero-order chi connectivity index (χ0) is 15.5. The van der Waals surface area contributed by atoms with Crippen molar-refractivity contribution in [2.45, 2.75) is 19.4 Å². The fourth-order valence-corrected chi connectivity index (χ4v) is 1.71. The molecule has 2 rings (SSSR count). The molecule has 0 amide bonds. The molecule has 0 fully saturated rings. The molecule has 0 saturated heterocycles. The minimum atomic E-state index is -0.935. The largest absolute Gasteiger partial charge is 0.493 e. The van der Waals surface area contributed by atoms with Crippen LogP contribution in [0.25, 0.3) is 11.4 Å². The Labute approximate surface area is 122 Å². The number of aliphatic hydroxyl groups is 1. The summed E-state index contributed by atoms with van der Waals surface area (Å²) in [5.74, 6) is 1.47. The van der Waals surface area contributed by atoms with Crippen LogP contribution in [-0.2, 0) is 0 Å². The standard InChI is InChI=1S/C15H18N2O4/c1-15(2,19)9-21-11-5-4-10(8-12(11)20-3)14-16-7-6-13(18)17-14/h4-8,19H,9H2,1-3H3,(H,16,17,18). The van der Waals surface area contributed by atoms with Crippen molar-refractivity contribution in [3.05, 3.63) is 40.8 Å². The van der Waals surface area contributed by atoms with Crippen molar-refractivity contribution in [3.8, 4) is 22.9 Å². The molecule has 0 spiro atoms. The summed E-state index contributed by atoms with van der Waals surface area (Å²) >= 11 is 0. The normalized spacial score (nSPS) is 11.2. The zero-order valence-electron chi connectivity index (χ0n) is 12.2. The quantitative estimate of drug-likeness (QED) is 0.873. The third kappa shape index (κ3) is 4.06. The van der Waals surface area contributed by atoms with Gasteiger partial charge in [-0.25, -0.2) is 4.98 Å². The Morgan fingerprint density at radius 2 is 2.05 bits per heavy atom. The van der Waals surface area contributed by atoms with Crippen molar-refractivity contribution in [2.24, 2.45) is 0 Å². The Morgan fingerprint density at radius 1 is 1.29 bits per heavy atom. The smallest absolute Gasteiger partial charge is 0.251 e. The molecule has 6 nitrogen and oxygen atoms in total. The second-order valence-corrected chi connectivity index (χ2v) is 5.25. The lowest BCUT2D eigenvalue weighted by Crippen LogP contribution is -2.27. The predicted molar refractivity (Wildman–Crippen MR) is 78.6 cm³/mol. The minimum Gasteiger partial charge on any atom is -0.493 e. The first-order valence-corrected chi connectivity index (χ1v) is 6.48. The first kappa shape index (κ1) is 15.1. The number of H-pyrrole nitrogens is 1. The van der Waals surface area contributed by atoms with Gasteiger partial charge in [-0.3, -0.25) is 4.79 Å². The average molecular weight is 290 g/mol. The number of nitrogens with zero attached hydrogens (tertiary/aromatic N) is 1. The van der Waals surface area contributed by atoms with Crippen molar-refractivity contribution in [2.75, 3.05) is 13.7 Å². The Morgan fingerprint density at radius 3 is 2.67 bits per heavy atom. The summed E-state index contributed by atoms with van der Waals surface area (Å²) < 4.78 is 10.8. The molecule has 0 bridgehead atoms. The van der Waals surface area contributed by atoms with E-state index in [0.717, 1.165) is 0 Å². The number of aromatic nitrogens is 2. The van der Waals surface area contributed by atoms with Crippen LogP contribution in [0.4, 0.5) is 0 Å². The summed E-state index contributed by atoms with van der Waals surface area (Å²) in [6.45, 7) is 3.46. The monoisotopic (exact) mass is 290 g/mol. The lowest BCUT2D eigenvalue weighted by molar-refractivity contribution is 0.0276. The van der Waals surface area contributed by atoms with Gasteiger partial charge in [-0.05, 0) is 32.0 Å². The molecule has 0 unspecified atom stereocenters. The molecule has 2 N–H and O–H groups in total. The fraction of sp³-hybridized carbons (Fsp3) is 0.333. The number of hydrogen-bond donors (Lipinski definition) is 2. The van der Waals surface area contributed by atoms with Crippen molar-refractivity contribution in [1.82, 2.24) is 9.97 Å². The van der Waals surface area contributed by atoms with Gasteiger partial charge in [0.15, 0.2) is 11.5 Å². The highest BCUT2D eigenvalue weighted by molar-refractivity contribution is 5.60. The number of hydrogen-bond acceptors (Lipinski definition) is 5. The molecule has 6 heteroatoms. The maximum Gasteiger partial charge on any atom is 0.251 e. The Balaban J connectivity index is 2.30. The first-order chi connectivity index (χ1) is 9.89. The molecule has 112 valence electrons. The molecule has 0 aliphatic heterocycles. The van der Waals surface area contributed by atoms with E-state index in [4.69, 9.17) is 9.47 Å². The van der Waals surface area contributed by atoms with E-state index in [1.54, 1.807) is 32.0 Å². The Kier molecular flexibility index (Phi) is 4.28. The van der Waals surface area contributed by atoms with Crippen LogP contribution in [0.5, 0.6) is 11.5 Å². The zero-order valence-corrected chi connectivity index (χ0v) is 12.2. The first-order valence-electron chi connectivity index (χ1n) is 6.48. The number of rotatable bonds is 5. The van der Waals surface area contributed by atoms with E-state index in [0.29, 0.717) is 22.9 Å². The molecular weight excluding hydrogens is 272 g/mol. The number of benzene rings is 1. The topological polar surface area (TPSA) is 84.4 Å². The molecule has 0 atom stereocenters. The molecule has 2 aromatic rings. The summed E-state index contributed by atoms with van der Waals surface area (Å²) in [6, 6.07) is 6.55. The van der Waals surface area contributed by atoms with Gasteiger partial charge in [-0.1, -0.05) is 0 Å². The predicted octanol–water partition coefficient (Wildman–Crippen LogP) is 1.60. The molecule has 0 saturated carbocycles. The highest BCUT2D eigenvalue weighted by atomic mass is 16.5. The van der Waals surface area contributed by atoms with Gasteiger partial charge in [0, 0.05) is 17.8 Å². The lowest BCUT2D eigenvalue weighted by Gasteiger charge is -2.19. The summed E-state index contributed by atoms with van der Waals surface area (Å²) in [5.41, 5.74) is -0.447. The number of ether oxygens (including phenoxy) is 2. The van der Waals surface area contributed by atoms with Crippen molar-refractivity contribution in [1.29, 1.82) is 0 Å². The van der Waals surface area contributed by atoms with E-state index < -0.39 is 5.60 Å². The second kappa shape index (κ2) is 5.97. The second-order valence-electron chi connectivity index (χ2n) is 5.25. The molecule has 1 heterocycles. The lowest BCUT2D eigenvalue weighted by atomic mass is 10.1. The SMILES string of the molecule is COc1cc(-c2nccc(=O)[nH]2)ccc1OCC(C)(C)O. The van der Waals surface area contributed by atoms with Crippen LogP contribution in [0, 0.1) is 0 Å². The van der Waals surface area contributed by atoms with E-state index in [2.05, 4.69) is 9.97 Å². The summed E-state index contributed by atoms with van der Waals surface area (Å²) in [5, 5.41) is 9.69. The average Bonchev–Trinajstić information content (AvgIpc) is 2.44. The molecular formula is C15H18N2O4. The van der Waals surface area contributed by atoms with Crippen molar-refractivity contribution < 1.29 is 14.6 Å². The third-order valence-electron chi connectivity index (χ3n) is 2.69. The number of nitrogens with one attached hydrogen (secondary N) is 1. The minimum absolute atomic E-state index is 0.142. The van der Waals surface area contributed by atoms with Gasteiger partial charge >= 0.3 is 0 Å². The van der Waals surface area contributed by atoms with Gasteiger partial charge in [0.2, 0.25) is 0 Å². The number of aromatic amines is 1. The molecule has 1 aromatic heterocycles. The Bertz CT molecular complexity index is 674. The summed E-state index contributed by atoms with van der Waals surface area (Å²) in [4.78, 5) is 18.1. The Hall–Kier alpha value is -2.34. The van der Waals surface area contributed by atoms with Crippen LogP contribution in [0.1, 0.15) is 13.8 Å². The van der Waals surface area contributed by atoms with Crippen LogP contribution in [-0.4, -0.2) is 34.4 Å². The van der Waals surface area contributed by atoms with Crippen LogP contribution in [0.3, 0.4) is 0 Å². The molecule has 1 aromatic carbocycles. The highest BCUT2D eigenvalue weighted by Gasteiger charge is 2.15. The van der Waals surface area contributed by atoms with E-state index in [-0.39, 0.29) is 12.2 Å².